The predicted molar refractivity (Wildman–Crippen MR) is 165 cm³/mol. The van der Waals surface area contributed by atoms with E-state index in [-0.39, 0.29) is 42.9 Å². The molecule has 0 spiro atoms. The summed E-state index contributed by atoms with van der Waals surface area (Å²) in [5.41, 5.74) is 12.1. The normalized spacial score (nSPS) is 13.8. The van der Waals surface area contributed by atoms with E-state index in [9.17, 15) is 37.7 Å². The van der Waals surface area contributed by atoms with E-state index >= 15 is 0 Å². The van der Waals surface area contributed by atoms with Gasteiger partial charge in [0.25, 0.3) is 0 Å². The van der Waals surface area contributed by atoms with Crippen LogP contribution in [-0.2, 0) is 19.6 Å². The van der Waals surface area contributed by atoms with Gasteiger partial charge in [-0.25, -0.2) is 31.9 Å². The number of aliphatic imine (C=N–C) groups is 1. The molecule has 2 aromatic rings. The first kappa shape index (κ1) is 36.0. The van der Waals surface area contributed by atoms with E-state index in [4.69, 9.17) is 11.5 Å². The van der Waals surface area contributed by atoms with Gasteiger partial charge in [-0.3, -0.25) is 9.79 Å². The highest BCUT2D eigenvalue weighted by atomic mass is 32.2. The summed E-state index contributed by atoms with van der Waals surface area (Å²) in [6, 6.07) is 4.21. The van der Waals surface area contributed by atoms with Gasteiger partial charge in [-0.1, -0.05) is 26.0 Å². The highest BCUT2D eigenvalue weighted by Gasteiger charge is 2.24. The topological polar surface area (TPSA) is 234 Å². The van der Waals surface area contributed by atoms with Crippen LogP contribution < -0.4 is 21.1 Å². The number of aliphatic hydroxyl groups excluding tert-OH is 2. The van der Waals surface area contributed by atoms with Crippen molar-refractivity contribution in [2.45, 2.75) is 63.7 Å². The SMILES string of the molecule is CC(C)c1nc(N(C)S(C)(=O)=O)nc(-c2ccc(F)cc2)c1C=C[C@H](O)C[C@@H](O)CC(=O)NC(CCCN=C(N)N)C(=O)O. The number of anilines is 1. The molecule has 0 aliphatic rings. The number of aliphatic hydroxyl groups is 2. The molecule has 0 radical (unpaired) electrons. The third kappa shape index (κ3) is 11.2. The lowest BCUT2D eigenvalue weighted by atomic mass is 9.97. The average Bonchev–Trinajstić information content (AvgIpc) is 2.92. The lowest BCUT2D eigenvalue weighted by Crippen LogP contribution is -2.42. The summed E-state index contributed by atoms with van der Waals surface area (Å²) in [5, 5.41) is 32.8. The number of hydrogen-bond acceptors (Lipinski definition) is 9. The molecule has 0 bridgehead atoms. The molecule has 0 aliphatic carbocycles. The zero-order valence-electron chi connectivity index (χ0n) is 25.0. The summed E-state index contributed by atoms with van der Waals surface area (Å²) < 4.78 is 39.0. The summed E-state index contributed by atoms with van der Waals surface area (Å²) in [4.78, 5) is 36.5. The fourth-order valence-electron chi connectivity index (χ4n) is 4.07. The molecule has 0 saturated heterocycles. The van der Waals surface area contributed by atoms with Gasteiger partial charge in [0.2, 0.25) is 21.9 Å². The van der Waals surface area contributed by atoms with Crippen molar-refractivity contribution in [2.24, 2.45) is 16.5 Å². The number of benzene rings is 1. The van der Waals surface area contributed by atoms with Crippen LogP contribution >= 0.6 is 0 Å². The Kier molecular flexibility index (Phi) is 13.2. The fourth-order valence-corrected chi connectivity index (χ4v) is 4.45. The van der Waals surface area contributed by atoms with Crippen molar-refractivity contribution < 1.29 is 37.7 Å². The van der Waals surface area contributed by atoms with Gasteiger partial charge < -0.3 is 32.1 Å². The molecule has 2 rings (SSSR count). The summed E-state index contributed by atoms with van der Waals surface area (Å²) in [6.45, 7) is 3.86. The maximum atomic E-state index is 13.7. The number of aliphatic carboxylic acids is 1. The van der Waals surface area contributed by atoms with Crippen molar-refractivity contribution >= 4 is 39.9 Å². The van der Waals surface area contributed by atoms with Crippen molar-refractivity contribution in [2.75, 3.05) is 24.2 Å². The number of amides is 1. The van der Waals surface area contributed by atoms with E-state index in [0.29, 0.717) is 23.2 Å². The van der Waals surface area contributed by atoms with Gasteiger partial charge in [0, 0.05) is 31.1 Å². The second-order valence-corrected chi connectivity index (χ2v) is 12.5. The van der Waals surface area contributed by atoms with Crippen LogP contribution in [0.3, 0.4) is 0 Å². The number of aromatic nitrogens is 2. The first-order valence-electron chi connectivity index (χ1n) is 13.7. The number of rotatable bonds is 16. The summed E-state index contributed by atoms with van der Waals surface area (Å²) in [5.74, 6) is -2.90. The predicted octanol–water partition coefficient (Wildman–Crippen LogP) is 0.940. The van der Waals surface area contributed by atoms with Crippen LogP contribution in [0.1, 0.15) is 56.7 Å². The van der Waals surface area contributed by atoms with E-state index in [2.05, 4.69) is 20.3 Å². The molecule has 14 nitrogen and oxygen atoms in total. The second-order valence-electron chi connectivity index (χ2n) is 10.5. The number of nitrogens with one attached hydrogen (secondary N) is 1. The number of nitrogens with two attached hydrogens (primary N) is 2. The molecular formula is C28H40FN7O7S. The molecule has 1 aromatic carbocycles. The maximum absolute atomic E-state index is 13.7. The molecule has 242 valence electrons. The zero-order chi connectivity index (χ0) is 33.2. The lowest BCUT2D eigenvalue weighted by Gasteiger charge is -2.20. The fraction of sp³-hybridized carbons (Fsp3) is 0.464. The molecule has 1 amide bonds. The maximum Gasteiger partial charge on any atom is 0.326 e. The first-order valence-corrected chi connectivity index (χ1v) is 15.6. The van der Waals surface area contributed by atoms with E-state index < -0.39 is 52.4 Å². The minimum absolute atomic E-state index is 0.0642. The Labute approximate surface area is 255 Å². The van der Waals surface area contributed by atoms with Crippen LogP contribution in [0, 0.1) is 5.82 Å². The third-order valence-corrected chi connectivity index (χ3v) is 7.56. The molecular weight excluding hydrogens is 597 g/mol. The van der Waals surface area contributed by atoms with Gasteiger partial charge in [-0.05, 0) is 43.0 Å². The van der Waals surface area contributed by atoms with Crippen LogP contribution in [0.15, 0.2) is 35.3 Å². The minimum atomic E-state index is -3.70. The van der Waals surface area contributed by atoms with E-state index in [1.165, 1.54) is 43.5 Å². The quantitative estimate of drug-likeness (QED) is 0.0861. The van der Waals surface area contributed by atoms with Crippen LogP contribution in [-0.4, -0.2) is 89.6 Å². The van der Waals surface area contributed by atoms with Crippen molar-refractivity contribution in [3.05, 3.63) is 47.4 Å². The van der Waals surface area contributed by atoms with Crippen molar-refractivity contribution in [1.29, 1.82) is 0 Å². The first-order chi connectivity index (χ1) is 20.5. The van der Waals surface area contributed by atoms with Crippen molar-refractivity contribution in [3.63, 3.8) is 0 Å². The Hall–Kier alpha value is -4.15. The van der Waals surface area contributed by atoms with E-state index in [1.54, 1.807) is 0 Å². The van der Waals surface area contributed by atoms with Crippen LogP contribution in [0.2, 0.25) is 0 Å². The molecule has 0 fully saturated rings. The second kappa shape index (κ2) is 16.1. The standard InChI is InChI=1S/C28H40FN7O7S/c1-16(2)24-21(25(17-7-9-18(29)10-8-17)35-28(34-24)36(3)44(4,42)43)12-11-19(37)14-20(38)15-23(39)33-22(26(40)41)6-5-13-32-27(30)31/h7-12,16,19-20,22,37-38H,5-6,13-15H2,1-4H3,(H,33,39)(H,40,41)(H4,30,31,32)/t19-,20+,22?/m0/s1. The molecule has 3 atom stereocenters. The molecule has 0 aliphatic heterocycles. The monoisotopic (exact) mass is 637 g/mol. The molecule has 44 heavy (non-hydrogen) atoms. The number of hydrogen-bond donors (Lipinski definition) is 6. The Bertz CT molecular complexity index is 1460. The molecule has 0 saturated carbocycles. The van der Waals surface area contributed by atoms with Crippen LogP contribution in [0.5, 0.6) is 0 Å². The zero-order valence-corrected chi connectivity index (χ0v) is 25.8. The highest BCUT2D eigenvalue weighted by Crippen LogP contribution is 2.31. The van der Waals surface area contributed by atoms with Crippen LogP contribution in [0.25, 0.3) is 17.3 Å². The number of carbonyl (C=O) groups is 2. The number of halogens is 1. The van der Waals surface area contributed by atoms with Gasteiger partial charge >= 0.3 is 5.97 Å². The van der Waals surface area contributed by atoms with Crippen molar-refractivity contribution in [3.8, 4) is 11.3 Å². The molecule has 1 aromatic heterocycles. The highest BCUT2D eigenvalue weighted by molar-refractivity contribution is 7.92. The Morgan fingerprint density at radius 1 is 1.16 bits per heavy atom. The summed E-state index contributed by atoms with van der Waals surface area (Å²) in [6.07, 6.45) is 0.982. The smallest absolute Gasteiger partial charge is 0.326 e. The summed E-state index contributed by atoms with van der Waals surface area (Å²) >= 11 is 0. The number of carbonyl (C=O) groups excluding carboxylic acids is 1. The van der Waals surface area contributed by atoms with Crippen molar-refractivity contribution in [1.82, 2.24) is 15.3 Å². The lowest BCUT2D eigenvalue weighted by molar-refractivity contribution is -0.142. The molecule has 1 unspecified atom stereocenters. The van der Waals surface area contributed by atoms with Gasteiger partial charge in [0.15, 0.2) is 5.96 Å². The number of carboxylic acid groups (broad SMARTS) is 1. The van der Waals surface area contributed by atoms with E-state index in [1.807, 2.05) is 13.8 Å². The van der Waals surface area contributed by atoms with Crippen LogP contribution in [0.4, 0.5) is 10.3 Å². The number of guanidine groups is 1. The molecule has 8 N–H and O–H groups in total. The number of sulfonamides is 1. The molecule has 1 heterocycles. The largest absolute Gasteiger partial charge is 0.480 e. The average molecular weight is 638 g/mol. The van der Waals surface area contributed by atoms with Gasteiger partial charge in [0.05, 0.1) is 36.3 Å². The Morgan fingerprint density at radius 2 is 1.80 bits per heavy atom. The summed E-state index contributed by atoms with van der Waals surface area (Å²) in [7, 11) is -2.39. The molecule has 16 heteroatoms. The van der Waals surface area contributed by atoms with Gasteiger partial charge in [0.1, 0.15) is 11.9 Å². The number of carboxylic acids is 1. The van der Waals surface area contributed by atoms with Gasteiger partial charge in [-0.15, -0.1) is 0 Å². The Balaban J connectivity index is 2.25. The Morgan fingerprint density at radius 3 is 2.34 bits per heavy atom. The third-order valence-electron chi connectivity index (χ3n) is 6.41. The minimum Gasteiger partial charge on any atom is -0.480 e. The number of nitrogens with zero attached hydrogens (tertiary/aromatic N) is 4. The van der Waals surface area contributed by atoms with Gasteiger partial charge in [-0.2, -0.15) is 0 Å². The van der Waals surface area contributed by atoms with E-state index in [0.717, 1.165) is 10.6 Å².